The third-order valence-corrected chi connectivity index (χ3v) is 3.04. The Kier molecular flexibility index (Phi) is 5.68. The molecule has 7 heteroatoms. The lowest BCUT2D eigenvalue weighted by Gasteiger charge is -2.17. The summed E-state index contributed by atoms with van der Waals surface area (Å²) in [7, 11) is 0. The highest BCUT2D eigenvalue weighted by atomic mass is 19.4. The number of rotatable bonds is 6. The van der Waals surface area contributed by atoms with E-state index in [1.165, 1.54) is 12.1 Å². The first kappa shape index (κ1) is 17.7. The van der Waals surface area contributed by atoms with Crippen LogP contribution in [0.1, 0.15) is 13.3 Å². The minimum atomic E-state index is -4.75. The molecule has 2 aromatic carbocycles. The van der Waals surface area contributed by atoms with Crippen LogP contribution in [0.4, 0.5) is 18.9 Å². The third-order valence-electron chi connectivity index (χ3n) is 3.04. The molecule has 0 spiro atoms. The van der Waals surface area contributed by atoms with Crippen LogP contribution in [-0.2, 0) is 4.79 Å². The molecule has 24 heavy (non-hydrogen) atoms. The zero-order chi connectivity index (χ0) is 17.6. The molecule has 0 aliphatic heterocycles. The number of alkyl halides is 3. The van der Waals surface area contributed by atoms with E-state index in [-0.39, 0.29) is 11.7 Å². The molecule has 1 atom stereocenters. The average Bonchev–Trinajstić information content (AvgIpc) is 2.54. The van der Waals surface area contributed by atoms with Gasteiger partial charge in [0.2, 0.25) is 0 Å². The van der Waals surface area contributed by atoms with E-state index in [0.29, 0.717) is 17.9 Å². The zero-order valence-electron chi connectivity index (χ0n) is 12.8. The summed E-state index contributed by atoms with van der Waals surface area (Å²) in [6.07, 6.45) is -5.02. The van der Waals surface area contributed by atoms with Gasteiger partial charge >= 0.3 is 6.36 Å². The van der Waals surface area contributed by atoms with Crippen molar-refractivity contribution in [2.45, 2.75) is 25.8 Å². The first-order valence-corrected chi connectivity index (χ1v) is 7.26. The molecule has 128 valence electrons. The van der Waals surface area contributed by atoms with E-state index in [0.717, 1.165) is 12.1 Å². The van der Waals surface area contributed by atoms with Gasteiger partial charge in [-0.1, -0.05) is 25.1 Å². The van der Waals surface area contributed by atoms with E-state index in [9.17, 15) is 18.0 Å². The fourth-order valence-electron chi connectivity index (χ4n) is 1.95. The van der Waals surface area contributed by atoms with Gasteiger partial charge in [-0.3, -0.25) is 4.79 Å². The lowest BCUT2D eigenvalue weighted by atomic mass is 10.2. The van der Waals surface area contributed by atoms with Crippen LogP contribution in [0.15, 0.2) is 54.6 Å². The van der Waals surface area contributed by atoms with Gasteiger partial charge in [-0.05, 0) is 42.8 Å². The number of para-hydroxylation sites is 1. The maximum atomic E-state index is 12.2. The van der Waals surface area contributed by atoms with Gasteiger partial charge in [-0.2, -0.15) is 0 Å². The number of benzene rings is 2. The van der Waals surface area contributed by atoms with Gasteiger partial charge in [0.25, 0.3) is 5.91 Å². The standard InChI is InChI=1S/C17H16F3NO3/c1-2-15(23-13-6-4-3-5-7-13)16(22)21-12-8-10-14(11-9-12)24-17(18,19)20/h3-11,15H,2H2,1H3,(H,21,22)/t15-/m1/s1. The zero-order valence-corrected chi connectivity index (χ0v) is 12.8. The molecule has 0 aliphatic carbocycles. The highest BCUT2D eigenvalue weighted by Crippen LogP contribution is 2.24. The number of carbonyl (C=O) groups is 1. The largest absolute Gasteiger partial charge is 0.573 e. The number of carbonyl (C=O) groups excluding carboxylic acids is 1. The summed E-state index contributed by atoms with van der Waals surface area (Å²) < 4.78 is 45.7. The second kappa shape index (κ2) is 7.72. The Hall–Kier alpha value is -2.70. The quantitative estimate of drug-likeness (QED) is 0.849. The van der Waals surface area contributed by atoms with Crippen LogP contribution >= 0.6 is 0 Å². The summed E-state index contributed by atoms with van der Waals surface area (Å²) in [4.78, 5) is 12.2. The summed E-state index contributed by atoms with van der Waals surface area (Å²) in [5, 5.41) is 2.60. The molecule has 0 bridgehead atoms. The van der Waals surface area contributed by atoms with Gasteiger partial charge in [0.05, 0.1) is 0 Å². The molecule has 0 aromatic heterocycles. The third kappa shape index (κ3) is 5.49. The van der Waals surface area contributed by atoms with Crippen LogP contribution in [0.25, 0.3) is 0 Å². The smallest absolute Gasteiger partial charge is 0.481 e. The van der Waals surface area contributed by atoms with Gasteiger partial charge in [-0.25, -0.2) is 0 Å². The molecular weight excluding hydrogens is 323 g/mol. The van der Waals surface area contributed by atoms with Crippen molar-refractivity contribution in [3.05, 3.63) is 54.6 Å². The summed E-state index contributed by atoms with van der Waals surface area (Å²) in [5.41, 5.74) is 0.352. The molecule has 0 heterocycles. The van der Waals surface area contributed by atoms with E-state index < -0.39 is 12.5 Å². The van der Waals surface area contributed by atoms with Crippen LogP contribution in [0.2, 0.25) is 0 Å². The average molecular weight is 339 g/mol. The summed E-state index contributed by atoms with van der Waals surface area (Å²) in [6, 6.07) is 13.8. The van der Waals surface area contributed by atoms with Gasteiger partial charge < -0.3 is 14.8 Å². The molecule has 0 fully saturated rings. The molecule has 2 aromatic rings. The molecule has 0 saturated heterocycles. The fourth-order valence-corrected chi connectivity index (χ4v) is 1.95. The molecule has 0 saturated carbocycles. The lowest BCUT2D eigenvalue weighted by Crippen LogP contribution is -2.32. The molecule has 1 amide bonds. The molecule has 4 nitrogen and oxygen atoms in total. The van der Waals surface area contributed by atoms with Crippen molar-refractivity contribution in [3.63, 3.8) is 0 Å². The Morgan fingerprint density at radius 3 is 2.21 bits per heavy atom. The number of halogens is 3. The van der Waals surface area contributed by atoms with Crippen LogP contribution in [0.3, 0.4) is 0 Å². The number of amides is 1. The summed E-state index contributed by atoms with van der Waals surface area (Å²) in [5.74, 6) is -0.174. The minimum absolute atomic E-state index is 0.352. The van der Waals surface area contributed by atoms with Crippen molar-refractivity contribution in [1.82, 2.24) is 0 Å². The van der Waals surface area contributed by atoms with E-state index in [1.54, 1.807) is 31.2 Å². The van der Waals surface area contributed by atoms with Crippen LogP contribution < -0.4 is 14.8 Å². The van der Waals surface area contributed by atoms with E-state index in [2.05, 4.69) is 10.1 Å². The number of ether oxygens (including phenoxy) is 2. The molecule has 0 radical (unpaired) electrons. The Morgan fingerprint density at radius 2 is 1.67 bits per heavy atom. The summed E-state index contributed by atoms with van der Waals surface area (Å²) >= 11 is 0. The first-order valence-electron chi connectivity index (χ1n) is 7.26. The van der Waals surface area contributed by atoms with Crippen LogP contribution in [0, 0.1) is 0 Å². The van der Waals surface area contributed by atoms with Gasteiger partial charge in [0, 0.05) is 5.69 Å². The van der Waals surface area contributed by atoms with E-state index in [1.807, 2.05) is 6.07 Å². The number of nitrogens with one attached hydrogen (secondary N) is 1. The maximum absolute atomic E-state index is 12.2. The van der Waals surface area contributed by atoms with Crippen molar-refractivity contribution in [1.29, 1.82) is 0 Å². The molecule has 0 aliphatic rings. The second-order valence-corrected chi connectivity index (χ2v) is 4.89. The van der Waals surface area contributed by atoms with Crippen molar-refractivity contribution in [2.75, 3.05) is 5.32 Å². The van der Waals surface area contributed by atoms with Crippen LogP contribution in [0.5, 0.6) is 11.5 Å². The van der Waals surface area contributed by atoms with E-state index >= 15 is 0 Å². The Morgan fingerprint density at radius 1 is 1.04 bits per heavy atom. The number of hydrogen-bond donors (Lipinski definition) is 1. The molecule has 0 unspecified atom stereocenters. The SMILES string of the molecule is CC[C@@H](Oc1ccccc1)C(=O)Nc1ccc(OC(F)(F)F)cc1. The fraction of sp³-hybridized carbons (Fsp3) is 0.235. The topological polar surface area (TPSA) is 47.6 Å². The Bertz CT molecular complexity index is 657. The van der Waals surface area contributed by atoms with Gasteiger partial charge in [0.1, 0.15) is 11.5 Å². The Labute approximate surface area is 137 Å². The predicted octanol–water partition coefficient (Wildman–Crippen LogP) is 4.38. The first-order chi connectivity index (χ1) is 11.4. The van der Waals surface area contributed by atoms with Gasteiger partial charge in [-0.15, -0.1) is 13.2 Å². The van der Waals surface area contributed by atoms with Crippen molar-refractivity contribution in [2.24, 2.45) is 0 Å². The summed E-state index contributed by atoms with van der Waals surface area (Å²) in [6.45, 7) is 1.80. The minimum Gasteiger partial charge on any atom is -0.481 e. The predicted molar refractivity (Wildman–Crippen MR) is 82.9 cm³/mol. The van der Waals surface area contributed by atoms with E-state index in [4.69, 9.17) is 4.74 Å². The highest BCUT2D eigenvalue weighted by molar-refractivity contribution is 5.94. The van der Waals surface area contributed by atoms with Crippen molar-refractivity contribution >= 4 is 11.6 Å². The normalized spacial score (nSPS) is 12.3. The second-order valence-electron chi connectivity index (χ2n) is 4.89. The van der Waals surface area contributed by atoms with Crippen LogP contribution in [-0.4, -0.2) is 18.4 Å². The van der Waals surface area contributed by atoms with Gasteiger partial charge in [0.15, 0.2) is 6.10 Å². The molecule has 1 N–H and O–H groups in total. The maximum Gasteiger partial charge on any atom is 0.573 e. The monoisotopic (exact) mass is 339 g/mol. The lowest BCUT2D eigenvalue weighted by molar-refractivity contribution is -0.274. The van der Waals surface area contributed by atoms with Crippen molar-refractivity contribution < 1.29 is 27.4 Å². The Balaban J connectivity index is 1.97. The number of hydrogen-bond acceptors (Lipinski definition) is 3. The van der Waals surface area contributed by atoms with Crippen molar-refractivity contribution in [3.8, 4) is 11.5 Å². The highest BCUT2D eigenvalue weighted by Gasteiger charge is 2.31. The molecular formula is C17H16F3NO3. The number of anilines is 1. The molecule has 2 rings (SSSR count).